The van der Waals surface area contributed by atoms with Gasteiger partial charge in [-0.15, -0.1) is 0 Å². The lowest BCUT2D eigenvalue weighted by Gasteiger charge is -2.19. The second-order valence-electron chi connectivity index (χ2n) is 5.25. The summed E-state index contributed by atoms with van der Waals surface area (Å²) in [6.45, 7) is 0. The summed E-state index contributed by atoms with van der Waals surface area (Å²) in [5.41, 5.74) is 4.21. The van der Waals surface area contributed by atoms with E-state index in [1.165, 1.54) is 0 Å². The van der Waals surface area contributed by atoms with E-state index in [-0.39, 0.29) is 5.92 Å². The molecular formula is C18H13BrN4. The average molecular weight is 365 g/mol. The lowest BCUT2D eigenvalue weighted by molar-refractivity contribution is 0.918. The van der Waals surface area contributed by atoms with Crippen molar-refractivity contribution in [1.29, 1.82) is 0 Å². The van der Waals surface area contributed by atoms with Gasteiger partial charge in [-0.25, -0.2) is 9.97 Å². The van der Waals surface area contributed by atoms with Crippen LogP contribution in [0.5, 0.6) is 0 Å². The first-order valence-corrected chi connectivity index (χ1v) is 8.06. The van der Waals surface area contributed by atoms with Crippen molar-refractivity contribution in [1.82, 2.24) is 19.9 Å². The predicted octanol–water partition coefficient (Wildman–Crippen LogP) is 4.30. The van der Waals surface area contributed by atoms with Gasteiger partial charge in [-0.3, -0.25) is 4.98 Å². The molecule has 3 heterocycles. The van der Waals surface area contributed by atoms with Crippen LogP contribution >= 0.6 is 15.9 Å². The highest BCUT2D eigenvalue weighted by molar-refractivity contribution is 9.10. The van der Waals surface area contributed by atoms with E-state index in [4.69, 9.17) is 0 Å². The Morgan fingerprint density at radius 1 is 0.913 bits per heavy atom. The highest BCUT2D eigenvalue weighted by atomic mass is 79.9. The number of halogens is 1. The first kappa shape index (κ1) is 14.1. The fourth-order valence-electron chi connectivity index (χ4n) is 2.90. The molecule has 1 aromatic carbocycles. The molecular weight excluding hydrogens is 352 g/mol. The van der Waals surface area contributed by atoms with Crippen molar-refractivity contribution >= 4 is 26.8 Å². The minimum Gasteiger partial charge on any atom is -0.348 e. The van der Waals surface area contributed by atoms with Crippen molar-refractivity contribution < 1.29 is 0 Å². The van der Waals surface area contributed by atoms with Crippen LogP contribution < -0.4 is 0 Å². The summed E-state index contributed by atoms with van der Waals surface area (Å²) in [5, 5.41) is 1.12. The SMILES string of the molecule is Brc1ncccc1C(c1cnc[nH]1)c1cccc2cccnc12. The third-order valence-electron chi connectivity index (χ3n) is 3.90. The van der Waals surface area contributed by atoms with E-state index in [2.05, 4.69) is 66.2 Å². The lowest BCUT2D eigenvalue weighted by Crippen LogP contribution is -2.06. The molecule has 4 rings (SSSR count). The number of imidazole rings is 1. The van der Waals surface area contributed by atoms with E-state index in [1.807, 2.05) is 24.5 Å². The van der Waals surface area contributed by atoms with E-state index < -0.39 is 0 Å². The summed E-state index contributed by atoms with van der Waals surface area (Å²) in [6, 6.07) is 14.3. The molecule has 0 radical (unpaired) electrons. The van der Waals surface area contributed by atoms with Crippen molar-refractivity contribution in [3.63, 3.8) is 0 Å². The third kappa shape index (κ3) is 2.53. The molecule has 0 aliphatic carbocycles. The highest BCUT2D eigenvalue weighted by Gasteiger charge is 2.23. The molecule has 0 spiro atoms. The van der Waals surface area contributed by atoms with Gasteiger partial charge in [-0.1, -0.05) is 30.3 Å². The fraction of sp³-hybridized carbons (Fsp3) is 0.0556. The Morgan fingerprint density at radius 2 is 1.70 bits per heavy atom. The summed E-state index contributed by atoms with van der Waals surface area (Å²) < 4.78 is 0.826. The number of fused-ring (bicyclic) bond motifs is 1. The minimum atomic E-state index is -0.0147. The molecule has 0 saturated heterocycles. The minimum absolute atomic E-state index is 0.0147. The molecule has 4 nitrogen and oxygen atoms in total. The second-order valence-corrected chi connectivity index (χ2v) is 6.00. The van der Waals surface area contributed by atoms with Crippen LogP contribution in [0, 0.1) is 0 Å². The number of benzene rings is 1. The molecule has 1 unspecified atom stereocenters. The molecule has 0 bridgehead atoms. The largest absolute Gasteiger partial charge is 0.348 e. The van der Waals surface area contributed by atoms with Crippen molar-refractivity contribution in [2.75, 3.05) is 0 Å². The fourth-order valence-corrected chi connectivity index (χ4v) is 3.38. The Kier molecular flexibility index (Phi) is 3.63. The summed E-state index contributed by atoms with van der Waals surface area (Å²) in [6.07, 6.45) is 7.16. The third-order valence-corrected chi connectivity index (χ3v) is 4.57. The number of nitrogens with one attached hydrogen (secondary N) is 1. The number of para-hydroxylation sites is 1. The van der Waals surface area contributed by atoms with Crippen LogP contribution in [-0.2, 0) is 0 Å². The molecule has 4 aromatic rings. The molecule has 0 aliphatic rings. The first-order chi connectivity index (χ1) is 11.3. The molecule has 5 heteroatoms. The molecule has 1 N–H and O–H groups in total. The number of pyridine rings is 2. The monoisotopic (exact) mass is 364 g/mol. The van der Waals surface area contributed by atoms with Gasteiger partial charge in [0.1, 0.15) is 4.60 Å². The molecule has 1 atom stereocenters. The van der Waals surface area contributed by atoms with Crippen LogP contribution in [-0.4, -0.2) is 19.9 Å². The Hall–Kier alpha value is -2.53. The zero-order valence-corrected chi connectivity index (χ0v) is 13.7. The van der Waals surface area contributed by atoms with E-state index in [0.717, 1.165) is 32.3 Å². The quantitative estimate of drug-likeness (QED) is 0.551. The normalized spacial score (nSPS) is 12.4. The predicted molar refractivity (Wildman–Crippen MR) is 93.2 cm³/mol. The molecule has 112 valence electrons. The number of hydrogen-bond donors (Lipinski definition) is 1. The summed E-state index contributed by atoms with van der Waals surface area (Å²) in [7, 11) is 0. The Balaban J connectivity index is 2.01. The maximum atomic E-state index is 4.60. The molecule has 0 saturated carbocycles. The maximum absolute atomic E-state index is 4.60. The van der Waals surface area contributed by atoms with Gasteiger partial charge in [-0.05, 0) is 39.2 Å². The number of aromatic nitrogens is 4. The summed E-state index contributed by atoms with van der Waals surface area (Å²) in [5.74, 6) is -0.0147. The van der Waals surface area contributed by atoms with E-state index in [1.54, 1.807) is 12.5 Å². The van der Waals surface area contributed by atoms with Crippen molar-refractivity contribution in [2.24, 2.45) is 0 Å². The summed E-state index contributed by atoms with van der Waals surface area (Å²) >= 11 is 3.58. The zero-order valence-electron chi connectivity index (χ0n) is 12.1. The van der Waals surface area contributed by atoms with Crippen molar-refractivity contribution in [3.8, 4) is 0 Å². The highest BCUT2D eigenvalue weighted by Crippen LogP contribution is 2.36. The smallest absolute Gasteiger partial charge is 0.110 e. The number of nitrogens with zero attached hydrogens (tertiary/aromatic N) is 3. The molecule has 0 amide bonds. The van der Waals surface area contributed by atoms with Gasteiger partial charge in [0.2, 0.25) is 0 Å². The van der Waals surface area contributed by atoms with Gasteiger partial charge in [0.25, 0.3) is 0 Å². The Bertz CT molecular complexity index is 945. The molecule has 23 heavy (non-hydrogen) atoms. The number of H-pyrrole nitrogens is 1. The summed E-state index contributed by atoms with van der Waals surface area (Å²) in [4.78, 5) is 16.4. The first-order valence-electron chi connectivity index (χ1n) is 7.27. The van der Waals surface area contributed by atoms with E-state index in [0.29, 0.717) is 0 Å². The maximum Gasteiger partial charge on any atom is 0.110 e. The van der Waals surface area contributed by atoms with Crippen LogP contribution in [0.1, 0.15) is 22.7 Å². The van der Waals surface area contributed by atoms with Crippen LogP contribution in [0.4, 0.5) is 0 Å². The van der Waals surface area contributed by atoms with Gasteiger partial charge in [0.15, 0.2) is 0 Å². The Morgan fingerprint density at radius 3 is 2.52 bits per heavy atom. The molecule has 0 fully saturated rings. The van der Waals surface area contributed by atoms with Crippen LogP contribution in [0.3, 0.4) is 0 Å². The van der Waals surface area contributed by atoms with Gasteiger partial charge in [0, 0.05) is 29.7 Å². The van der Waals surface area contributed by atoms with Crippen molar-refractivity contribution in [3.05, 3.63) is 88.8 Å². The number of hydrogen-bond acceptors (Lipinski definition) is 3. The van der Waals surface area contributed by atoms with Crippen molar-refractivity contribution in [2.45, 2.75) is 5.92 Å². The van der Waals surface area contributed by atoms with Gasteiger partial charge >= 0.3 is 0 Å². The zero-order chi connectivity index (χ0) is 15.6. The van der Waals surface area contributed by atoms with E-state index >= 15 is 0 Å². The number of aromatic amines is 1. The lowest BCUT2D eigenvalue weighted by atomic mass is 9.88. The van der Waals surface area contributed by atoms with Crippen LogP contribution in [0.25, 0.3) is 10.9 Å². The molecule has 0 aliphatic heterocycles. The van der Waals surface area contributed by atoms with E-state index in [9.17, 15) is 0 Å². The molecule has 3 aromatic heterocycles. The van der Waals surface area contributed by atoms with Gasteiger partial charge in [0.05, 0.1) is 17.8 Å². The van der Waals surface area contributed by atoms with Gasteiger partial charge in [-0.2, -0.15) is 0 Å². The van der Waals surface area contributed by atoms with Crippen LogP contribution in [0.2, 0.25) is 0 Å². The van der Waals surface area contributed by atoms with Crippen LogP contribution in [0.15, 0.2) is 72.0 Å². The average Bonchev–Trinajstić information content (AvgIpc) is 3.11. The van der Waals surface area contributed by atoms with Gasteiger partial charge < -0.3 is 4.98 Å². The Labute approximate surface area is 141 Å². The standard InChI is InChI=1S/C18H13BrN4/c19-18-14(7-3-9-22-18)16(15-10-20-11-23-15)13-6-1-4-12-5-2-8-21-17(12)13/h1-11,16H,(H,20,23). The topological polar surface area (TPSA) is 54.5 Å². The second kappa shape index (κ2) is 5.93. The number of rotatable bonds is 3.